The van der Waals surface area contributed by atoms with Gasteiger partial charge in [0.05, 0.1) is 0 Å². The summed E-state index contributed by atoms with van der Waals surface area (Å²) in [5.74, 6) is 0. The summed E-state index contributed by atoms with van der Waals surface area (Å²) in [6.45, 7) is 4.92. The molecule has 2 aromatic rings. The van der Waals surface area contributed by atoms with E-state index >= 15 is 0 Å². The number of nitrogens with zero attached hydrogens (tertiary/aromatic N) is 1. The molecular formula is C18H25N3. The van der Waals surface area contributed by atoms with Crippen LogP contribution in [0.15, 0.2) is 54.9 Å². The Morgan fingerprint density at radius 3 is 2.33 bits per heavy atom. The minimum Gasteiger partial charge on any atom is -0.388 e. The fourth-order valence-corrected chi connectivity index (χ4v) is 2.04. The molecule has 0 aliphatic rings. The van der Waals surface area contributed by atoms with E-state index < -0.39 is 0 Å². The van der Waals surface area contributed by atoms with Crippen molar-refractivity contribution in [1.29, 1.82) is 0 Å². The van der Waals surface area contributed by atoms with Crippen LogP contribution in [0.25, 0.3) is 5.57 Å². The molecule has 1 aromatic carbocycles. The maximum Gasteiger partial charge on any atom is 0.0368 e. The molecule has 3 heteroatoms. The fourth-order valence-electron chi connectivity index (χ4n) is 2.04. The number of anilines is 1. The molecule has 0 amide bonds. The predicted octanol–water partition coefficient (Wildman–Crippen LogP) is 3.87. The van der Waals surface area contributed by atoms with Gasteiger partial charge in [-0.3, -0.25) is 4.98 Å². The Bertz CT molecular complexity index is 547. The van der Waals surface area contributed by atoms with Crippen LogP contribution in [0.5, 0.6) is 0 Å². The van der Waals surface area contributed by atoms with E-state index in [0.29, 0.717) is 6.54 Å². The highest BCUT2D eigenvalue weighted by molar-refractivity contribution is 5.67. The number of benzene rings is 1. The molecule has 2 rings (SSSR count). The molecule has 0 saturated heterocycles. The Hall–Kier alpha value is -2.13. The molecule has 0 radical (unpaired) electrons. The van der Waals surface area contributed by atoms with E-state index in [1.54, 1.807) is 12.4 Å². The minimum atomic E-state index is 0.716. The Balaban J connectivity index is 0.000000235. The molecule has 0 aliphatic carbocycles. The summed E-state index contributed by atoms with van der Waals surface area (Å²) in [5, 5.41) is 2.99. The fraction of sp³-hybridized carbons (Fsp3) is 0.278. The molecule has 3 N–H and O–H groups in total. The highest BCUT2D eigenvalue weighted by Gasteiger charge is 2.01. The quantitative estimate of drug-likeness (QED) is 0.895. The Morgan fingerprint density at radius 1 is 1.19 bits per heavy atom. The smallest absolute Gasteiger partial charge is 0.0368 e. The molecule has 3 nitrogen and oxygen atoms in total. The Morgan fingerprint density at radius 2 is 1.86 bits per heavy atom. The standard InChI is InChI=1S/C12H17N.C6H8N2/c1-3-11(8-9-13)12-7-5-4-6-10(12)2;1-7-6-2-4-8-5-3-6/h3-7H,8-9,13H2,1-2H3;2-5H,1H3,(H,7,8)/b11-3-;. The average Bonchev–Trinajstić information content (AvgIpc) is 2.55. The third-order valence-corrected chi connectivity index (χ3v) is 3.22. The second-order valence-corrected chi connectivity index (χ2v) is 4.65. The molecule has 1 heterocycles. The van der Waals surface area contributed by atoms with Crippen LogP contribution in [0.3, 0.4) is 0 Å². The van der Waals surface area contributed by atoms with Crippen LogP contribution < -0.4 is 11.1 Å². The van der Waals surface area contributed by atoms with E-state index in [-0.39, 0.29) is 0 Å². The number of pyridine rings is 1. The van der Waals surface area contributed by atoms with Gasteiger partial charge in [0.2, 0.25) is 0 Å². The molecule has 112 valence electrons. The minimum absolute atomic E-state index is 0.716. The van der Waals surface area contributed by atoms with Crippen LogP contribution in [0.1, 0.15) is 24.5 Å². The third-order valence-electron chi connectivity index (χ3n) is 3.22. The largest absolute Gasteiger partial charge is 0.388 e. The van der Waals surface area contributed by atoms with Gasteiger partial charge in [0.25, 0.3) is 0 Å². The average molecular weight is 283 g/mol. The van der Waals surface area contributed by atoms with Gasteiger partial charge in [-0.25, -0.2) is 0 Å². The van der Waals surface area contributed by atoms with E-state index in [9.17, 15) is 0 Å². The van der Waals surface area contributed by atoms with Gasteiger partial charge in [0.1, 0.15) is 0 Å². The predicted molar refractivity (Wildman–Crippen MR) is 92.3 cm³/mol. The topological polar surface area (TPSA) is 50.9 Å². The molecule has 0 saturated carbocycles. The number of aryl methyl sites for hydroxylation is 1. The van der Waals surface area contributed by atoms with Crippen LogP contribution in [-0.4, -0.2) is 18.6 Å². The van der Waals surface area contributed by atoms with E-state index in [4.69, 9.17) is 5.73 Å². The molecule has 0 atom stereocenters. The number of aromatic nitrogens is 1. The van der Waals surface area contributed by atoms with Gasteiger partial charge in [-0.1, -0.05) is 30.3 Å². The number of nitrogens with two attached hydrogens (primary N) is 1. The molecule has 0 unspecified atom stereocenters. The second kappa shape index (κ2) is 9.72. The van der Waals surface area contributed by atoms with Gasteiger partial charge < -0.3 is 11.1 Å². The first-order valence-electron chi connectivity index (χ1n) is 7.22. The lowest BCUT2D eigenvalue weighted by atomic mass is 9.98. The number of rotatable bonds is 4. The first-order chi connectivity index (χ1) is 10.2. The summed E-state index contributed by atoms with van der Waals surface area (Å²) in [6, 6.07) is 12.3. The highest BCUT2D eigenvalue weighted by Crippen LogP contribution is 2.20. The SMILES string of the molecule is C/C=C(/CCN)c1ccccc1C.CNc1ccncc1. The highest BCUT2D eigenvalue weighted by atomic mass is 14.8. The van der Waals surface area contributed by atoms with Gasteiger partial charge in [0.15, 0.2) is 0 Å². The van der Waals surface area contributed by atoms with Crippen LogP contribution >= 0.6 is 0 Å². The van der Waals surface area contributed by atoms with Gasteiger partial charge in [-0.2, -0.15) is 0 Å². The monoisotopic (exact) mass is 283 g/mol. The zero-order chi connectivity index (χ0) is 15.5. The van der Waals surface area contributed by atoms with Crippen LogP contribution in [0.4, 0.5) is 5.69 Å². The van der Waals surface area contributed by atoms with E-state index in [1.807, 2.05) is 19.2 Å². The lowest BCUT2D eigenvalue weighted by Crippen LogP contribution is -2.00. The number of nitrogens with one attached hydrogen (secondary N) is 1. The van der Waals surface area contributed by atoms with Gasteiger partial charge in [0, 0.05) is 25.1 Å². The van der Waals surface area contributed by atoms with E-state index in [2.05, 4.69) is 54.5 Å². The first-order valence-corrected chi connectivity index (χ1v) is 7.22. The summed E-state index contributed by atoms with van der Waals surface area (Å²) in [7, 11) is 1.88. The molecular weight excluding hydrogens is 258 g/mol. The van der Waals surface area contributed by atoms with Crippen LogP contribution in [0, 0.1) is 6.92 Å². The normalized spacial score (nSPS) is 10.6. The number of hydrogen-bond donors (Lipinski definition) is 2. The summed E-state index contributed by atoms with van der Waals surface area (Å²) in [5.41, 5.74) is 10.6. The van der Waals surface area contributed by atoms with Crippen molar-refractivity contribution in [3.05, 3.63) is 66.0 Å². The van der Waals surface area contributed by atoms with Crippen molar-refractivity contribution in [2.24, 2.45) is 5.73 Å². The second-order valence-electron chi connectivity index (χ2n) is 4.65. The maximum absolute atomic E-state index is 5.55. The Labute approximate surface area is 127 Å². The molecule has 21 heavy (non-hydrogen) atoms. The van der Waals surface area contributed by atoms with Crippen molar-refractivity contribution < 1.29 is 0 Å². The van der Waals surface area contributed by atoms with Gasteiger partial charge in [-0.05, 0) is 55.6 Å². The third kappa shape index (κ3) is 5.79. The molecule has 1 aromatic heterocycles. The van der Waals surface area contributed by atoms with Crippen molar-refractivity contribution in [1.82, 2.24) is 4.98 Å². The zero-order valence-electron chi connectivity index (χ0n) is 13.1. The van der Waals surface area contributed by atoms with Crippen molar-refractivity contribution in [3.63, 3.8) is 0 Å². The zero-order valence-corrected chi connectivity index (χ0v) is 13.1. The maximum atomic E-state index is 5.55. The summed E-state index contributed by atoms with van der Waals surface area (Å²) >= 11 is 0. The molecule has 0 spiro atoms. The molecule has 0 bridgehead atoms. The molecule has 0 fully saturated rings. The van der Waals surface area contributed by atoms with Crippen molar-refractivity contribution >= 4 is 11.3 Å². The summed E-state index contributed by atoms with van der Waals surface area (Å²) < 4.78 is 0. The lowest BCUT2D eigenvalue weighted by molar-refractivity contribution is 1.02. The van der Waals surface area contributed by atoms with Crippen molar-refractivity contribution in [3.8, 4) is 0 Å². The first kappa shape index (κ1) is 16.9. The van der Waals surface area contributed by atoms with Crippen molar-refractivity contribution in [2.45, 2.75) is 20.3 Å². The van der Waals surface area contributed by atoms with Crippen molar-refractivity contribution in [2.75, 3.05) is 18.9 Å². The van der Waals surface area contributed by atoms with E-state index in [0.717, 1.165) is 12.1 Å². The van der Waals surface area contributed by atoms with Crippen LogP contribution in [0.2, 0.25) is 0 Å². The lowest BCUT2D eigenvalue weighted by Gasteiger charge is -2.08. The van der Waals surface area contributed by atoms with Crippen LogP contribution in [-0.2, 0) is 0 Å². The Kier molecular flexibility index (Phi) is 7.84. The number of hydrogen-bond acceptors (Lipinski definition) is 3. The van der Waals surface area contributed by atoms with E-state index in [1.165, 1.54) is 16.7 Å². The van der Waals surface area contributed by atoms with Gasteiger partial charge in [-0.15, -0.1) is 0 Å². The van der Waals surface area contributed by atoms with Gasteiger partial charge >= 0.3 is 0 Å². The summed E-state index contributed by atoms with van der Waals surface area (Å²) in [4.78, 5) is 3.85. The number of allylic oxidation sites excluding steroid dienone is 1. The molecule has 0 aliphatic heterocycles. The summed E-state index contributed by atoms with van der Waals surface area (Å²) in [6.07, 6.45) is 6.62.